The Bertz CT molecular complexity index is 629. The summed E-state index contributed by atoms with van der Waals surface area (Å²) >= 11 is 5.87. The minimum Gasteiger partial charge on any atom is -0.397 e. The molecule has 116 valence electrons. The summed E-state index contributed by atoms with van der Waals surface area (Å²) in [5, 5.41) is 0.387. The van der Waals surface area contributed by atoms with Crippen molar-refractivity contribution in [1.29, 1.82) is 0 Å². The van der Waals surface area contributed by atoms with Crippen molar-refractivity contribution >= 4 is 27.3 Å². The predicted octanol–water partition coefficient (Wildman–Crippen LogP) is 3.27. The van der Waals surface area contributed by atoms with Crippen LogP contribution in [0.25, 0.3) is 0 Å². The third-order valence-corrected chi connectivity index (χ3v) is 7.29. The van der Waals surface area contributed by atoms with Gasteiger partial charge in [0.1, 0.15) is 0 Å². The van der Waals surface area contributed by atoms with Crippen LogP contribution in [-0.2, 0) is 10.0 Å². The van der Waals surface area contributed by atoms with E-state index in [4.69, 9.17) is 17.3 Å². The molecule has 6 heteroatoms. The second kappa shape index (κ2) is 5.45. The Morgan fingerprint density at radius 2 is 1.71 bits per heavy atom. The highest BCUT2D eigenvalue weighted by Gasteiger charge is 2.40. The maximum Gasteiger partial charge on any atom is 0.243 e. The molecule has 1 aromatic carbocycles. The molecular formula is C15H21ClN2O2S. The molecule has 2 aliphatic rings. The molecule has 0 unspecified atom stereocenters. The SMILES string of the molecule is Nc1cc(S(=O)(=O)N2CCC3(CCCC3)CC2)ccc1Cl. The predicted molar refractivity (Wildman–Crippen MR) is 84.8 cm³/mol. The fourth-order valence-corrected chi connectivity index (χ4v) is 5.25. The van der Waals surface area contributed by atoms with Crippen molar-refractivity contribution in [2.24, 2.45) is 5.41 Å². The van der Waals surface area contributed by atoms with E-state index < -0.39 is 10.0 Å². The van der Waals surface area contributed by atoms with Gasteiger partial charge in [0, 0.05) is 13.1 Å². The standard InChI is InChI=1S/C15H21ClN2O2S/c16-13-4-3-12(11-14(13)17)21(19,20)18-9-7-15(8-10-18)5-1-2-6-15/h3-4,11H,1-2,5-10,17H2. The van der Waals surface area contributed by atoms with Crippen LogP contribution in [0.1, 0.15) is 38.5 Å². The smallest absolute Gasteiger partial charge is 0.243 e. The quantitative estimate of drug-likeness (QED) is 0.847. The first-order valence-electron chi connectivity index (χ1n) is 7.48. The summed E-state index contributed by atoms with van der Waals surface area (Å²) in [6, 6.07) is 4.54. The van der Waals surface area contributed by atoms with Crippen molar-refractivity contribution in [3.05, 3.63) is 23.2 Å². The highest BCUT2D eigenvalue weighted by Crippen LogP contribution is 2.46. The van der Waals surface area contributed by atoms with Crippen LogP contribution in [0.3, 0.4) is 0 Å². The van der Waals surface area contributed by atoms with Gasteiger partial charge in [-0.2, -0.15) is 4.31 Å². The molecule has 0 radical (unpaired) electrons. The number of nitrogen functional groups attached to an aromatic ring is 1. The highest BCUT2D eigenvalue weighted by molar-refractivity contribution is 7.89. The van der Waals surface area contributed by atoms with Gasteiger partial charge in [-0.05, 0) is 49.3 Å². The molecule has 0 amide bonds. The number of sulfonamides is 1. The van der Waals surface area contributed by atoms with Gasteiger partial charge in [0.2, 0.25) is 10.0 Å². The minimum absolute atomic E-state index is 0.242. The largest absolute Gasteiger partial charge is 0.397 e. The number of benzene rings is 1. The number of hydrogen-bond acceptors (Lipinski definition) is 3. The van der Waals surface area contributed by atoms with E-state index in [1.165, 1.54) is 37.8 Å². The zero-order valence-corrected chi connectivity index (χ0v) is 13.6. The first-order chi connectivity index (χ1) is 9.93. The van der Waals surface area contributed by atoms with Crippen LogP contribution in [0.4, 0.5) is 5.69 Å². The second-order valence-corrected chi connectivity index (χ2v) is 8.64. The first kappa shape index (κ1) is 15.1. The summed E-state index contributed by atoms with van der Waals surface area (Å²) in [6.07, 6.45) is 7.06. The van der Waals surface area contributed by atoms with E-state index in [0.29, 0.717) is 29.2 Å². The zero-order valence-electron chi connectivity index (χ0n) is 12.0. The Balaban J connectivity index is 1.78. The van der Waals surface area contributed by atoms with Crippen LogP contribution in [-0.4, -0.2) is 25.8 Å². The Hall–Kier alpha value is -0.780. The summed E-state index contributed by atoms with van der Waals surface area (Å²) < 4.78 is 27.0. The summed E-state index contributed by atoms with van der Waals surface area (Å²) in [4.78, 5) is 0.242. The van der Waals surface area contributed by atoms with Gasteiger partial charge in [-0.1, -0.05) is 24.4 Å². The molecule has 0 aromatic heterocycles. The summed E-state index contributed by atoms with van der Waals surface area (Å²) in [6.45, 7) is 1.23. The molecule has 1 heterocycles. The van der Waals surface area contributed by atoms with E-state index in [0.717, 1.165) is 12.8 Å². The number of rotatable bonds is 2. The van der Waals surface area contributed by atoms with E-state index in [1.54, 1.807) is 10.4 Å². The lowest BCUT2D eigenvalue weighted by molar-refractivity contribution is 0.160. The van der Waals surface area contributed by atoms with Gasteiger partial charge < -0.3 is 5.73 Å². The number of hydrogen-bond donors (Lipinski definition) is 1. The highest BCUT2D eigenvalue weighted by atomic mass is 35.5. The number of anilines is 1. The van der Waals surface area contributed by atoms with Crippen molar-refractivity contribution in [2.45, 2.75) is 43.4 Å². The van der Waals surface area contributed by atoms with Crippen LogP contribution < -0.4 is 5.73 Å². The van der Waals surface area contributed by atoms with Gasteiger partial charge in [0.05, 0.1) is 15.6 Å². The number of nitrogens with two attached hydrogens (primary N) is 1. The minimum atomic E-state index is -3.45. The number of nitrogens with zero attached hydrogens (tertiary/aromatic N) is 1. The summed E-state index contributed by atoms with van der Waals surface area (Å²) in [7, 11) is -3.45. The van der Waals surface area contributed by atoms with Crippen molar-refractivity contribution in [3.63, 3.8) is 0 Å². The van der Waals surface area contributed by atoms with E-state index in [-0.39, 0.29) is 4.90 Å². The third-order valence-electron chi connectivity index (χ3n) is 5.05. The number of halogens is 1. The lowest BCUT2D eigenvalue weighted by Crippen LogP contribution is -2.42. The van der Waals surface area contributed by atoms with Crippen molar-refractivity contribution < 1.29 is 8.42 Å². The third kappa shape index (κ3) is 2.79. The van der Waals surface area contributed by atoms with Gasteiger partial charge in [0.15, 0.2) is 0 Å². The Morgan fingerprint density at radius 1 is 1.10 bits per heavy atom. The normalized spacial score (nSPS) is 22.7. The maximum absolute atomic E-state index is 12.7. The fraction of sp³-hybridized carbons (Fsp3) is 0.600. The van der Waals surface area contributed by atoms with Gasteiger partial charge in [-0.25, -0.2) is 8.42 Å². The average molecular weight is 329 g/mol. The monoisotopic (exact) mass is 328 g/mol. The average Bonchev–Trinajstić information content (AvgIpc) is 2.90. The first-order valence-corrected chi connectivity index (χ1v) is 9.30. The van der Waals surface area contributed by atoms with Crippen molar-refractivity contribution in [2.75, 3.05) is 18.8 Å². The van der Waals surface area contributed by atoms with Crippen LogP contribution >= 0.6 is 11.6 Å². The van der Waals surface area contributed by atoms with E-state index in [2.05, 4.69) is 0 Å². The molecular weight excluding hydrogens is 308 g/mol. The van der Waals surface area contributed by atoms with Crippen molar-refractivity contribution in [3.8, 4) is 0 Å². The van der Waals surface area contributed by atoms with Crippen LogP contribution in [0, 0.1) is 5.41 Å². The Labute approximate surface area is 131 Å². The maximum atomic E-state index is 12.7. The molecule has 21 heavy (non-hydrogen) atoms. The number of piperidine rings is 1. The molecule has 1 aromatic rings. The lowest BCUT2D eigenvalue weighted by Gasteiger charge is -2.38. The lowest BCUT2D eigenvalue weighted by atomic mass is 9.78. The molecule has 1 aliphatic heterocycles. The molecule has 3 rings (SSSR count). The van der Waals surface area contributed by atoms with Gasteiger partial charge in [0.25, 0.3) is 0 Å². The van der Waals surface area contributed by atoms with Gasteiger partial charge >= 0.3 is 0 Å². The second-order valence-electron chi connectivity index (χ2n) is 6.29. The Morgan fingerprint density at radius 3 is 2.29 bits per heavy atom. The van der Waals surface area contributed by atoms with Gasteiger partial charge in [-0.3, -0.25) is 0 Å². The van der Waals surface area contributed by atoms with E-state index in [1.807, 2.05) is 0 Å². The van der Waals surface area contributed by atoms with E-state index >= 15 is 0 Å². The molecule has 0 atom stereocenters. The fourth-order valence-electron chi connectivity index (χ4n) is 3.66. The molecule has 1 saturated heterocycles. The van der Waals surface area contributed by atoms with Crippen LogP contribution in [0.15, 0.2) is 23.1 Å². The molecule has 1 aliphatic carbocycles. The van der Waals surface area contributed by atoms with Gasteiger partial charge in [-0.15, -0.1) is 0 Å². The Kier molecular flexibility index (Phi) is 3.93. The van der Waals surface area contributed by atoms with Crippen LogP contribution in [0.5, 0.6) is 0 Å². The molecule has 4 nitrogen and oxygen atoms in total. The van der Waals surface area contributed by atoms with Crippen molar-refractivity contribution in [1.82, 2.24) is 4.31 Å². The topological polar surface area (TPSA) is 63.4 Å². The summed E-state index contributed by atoms with van der Waals surface area (Å²) in [5.41, 5.74) is 6.44. The van der Waals surface area contributed by atoms with Crippen LogP contribution in [0.2, 0.25) is 5.02 Å². The molecule has 2 N–H and O–H groups in total. The van der Waals surface area contributed by atoms with E-state index in [9.17, 15) is 8.42 Å². The zero-order chi connectivity index (χ0) is 15.1. The molecule has 1 spiro atoms. The molecule has 0 bridgehead atoms. The molecule has 2 fully saturated rings. The summed E-state index contributed by atoms with van der Waals surface area (Å²) in [5.74, 6) is 0. The molecule has 1 saturated carbocycles.